The Labute approximate surface area is 116 Å². The van der Waals surface area contributed by atoms with E-state index in [-0.39, 0.29) is 0 Å². The van der Waals surface area contributed by atoms with Gasteiger partial charge in [0, 0.05) is 19.0 Å². The van der Waals surface area contributed by atoms with Gasteiger partial charge in [-0.1, -0.05) is 42.1 Å². The zero-order valence-corrected chi connectivity index (χ0v) is 11.4. The van der Waals surface area contributed by atoms with Crippen LogP contribution in [0.4, 0.5) is 0 Å². The van der Waals surface area contributed by atoms with Crippen molar-refractivity contribution >= 4 is 11.8 Å². The number of aromatic nitrogens is 4. The normalized spacial score (nSPS) is 16.6. The summed E-state index contributed by atoms with van der Waals surface area (Å²) < 4.78 is 7.33. The van der Waals surface area contributed by atoms with E-state index < -0.39 is 0 Å². The molecule has 5 nitrogen and oxygen atoms in total. The summed E-state index contributed by atoms with van der Waals surface area (Å²) in [5, 5.41) is 13.0. The summed E-state index contributed by atoms with van der Waals surface area (Å²) in [6, 6.07) is 10.8. The Morgan fingerprint density at radius 2 is 2.00 bits per heavy atom. The molecule has 1 fully saturated rings. The third-order valence-corrected chi connectivity index (χ3v) is 4.21. The highest BCUT2D eigenvalue weighted by molar-refractivity contribution is 7.98. The van der Waals surface area contributed by atoms with Crippen LogP contribution in [0.15, 0.2) is 35.5 Å². The molecule has 6 heteroatoms. The van der Waals surface area contributed by atoms with Crippen LogP contribution in [-0.4, -0.2) is 33.4 Å². The minimum atomic E-state index is 0.377. The fraction of sp³-hybridized carbons (Fsp3) is 0.462. The van der Waals surface area contributed by atoms with Crippen molar-refractivity contribution in [2.24, 2.45) is 0 Å². The summed E-state index contributed by atoms with van der Waals surface area (Å²) in [7, 11) is 0. The third kappa shape index (κ3) is 3.13. The molecule has 1 saturated heterocycles. The third-order valence-electron chi connectivity index (χ3n) is 3.21. The lowest BCUT2D eigenvalue weighted by molar-refractivity contribution is 0.0631. The van der Waals surface area contributed by atoms with Gasteiger partial charge in [0.05, 0.1) is 6.04 Å². The first-order valence-corrected chi connectivity index (χ1v) is 7.44. The van der Waals surface area contributed by atoms with E-state index >= 15 is 0 Å². The van der Waals surface area contributed by atoms with E-state index in [9.17, 15) is 0 Å². The molecule has 0 radical (unpaired) electrons. The van der Waals surface area contributed by atoms with Crippen LogP contribution in [0.3, 0.4) is 0 Å². The predicted molar refractivity (Wildman–Crippen MR) is 72.9 cm³/mol. The van der Waals surface area contributed by atoms with Crippen LogP contribution < -0.4 is 0 Å². The SMILES string of the molecule is c1ccc(CSc2nnnn2C2CCOCC2)cc1. The van der Waals surface area contributed by atoms with Crippen LogP contribution in [0, 0.1) is 0 Å². The summed E-state index contributed by atoms with van der Waals surface area (Å²) in [4.78, 5) is 0. The van der Waals surface area contributed by atoms with Crippen LogP contribution >= 0.6 is 11.8 Å². The number of benzene rings is 1. The molecule has 0 saturated carbocycles. The number of nitrogens with zero attached hydrogens (tertiary/aromatic N) is 4. The van der Waals surface area contributed by atoms with Crippen molar-refractivity contribution in [2.75, 3.05) is 13.2 Å². The average molecular weight is 276 g/mol. The molecule has 1 aromatic carbocycles. The molecule has 100 valence electrons. The van der Waals surface area contributed by atoms with E-state index in [0.717, 1.165) is 37.0 Å². The maximum atomic E-state index is 5.38. The minimum Gasteiger partial charge on any atom is -0.381 e. The van der Waals surface area contributed by atoms with Crippen LogP contribution in [-0.2, 0) is 10.5 Å². The summed E-state index contributed by atoms with van der Waals surface area (Å²) in [6.45, 7) is 1.60. The molecule has 1 aliphatic heterocycles. The quantitative estimate of drug-likeness (QED) is 0.802. The highest BCUT2D eigenvalue weighted by Gasteiger charge is 2.20. The van der Waals surface area contributed by atoms with Gasteiger partial charge in [-0.3, -0.25) is 0 Å². The van der Waals surface area contributed by atoms with Crippen molar-refractivity contribution in [1.29, 1.82) is 0 Å². The van der Waals surface area contributed by atoms with Crippen LogP contribution in [0.2, 0.25) is 0 Å². The molecule has 1 aromatic heterocycles. The summed E-state index contributed by atoms with van der Waals surface area (Å²) in [6.07, 6.45) is 1.98. The van der Waals surface area contributed by atoms with E-state index in [2.05, 4.69) is 39.8 Å². The molecule has 1 aliphatic rings. The first-order valence-electron chi connectivity index (χ1n) is 6.46. The van der Waals surface area contributed by atoms with Gasteiger partial charge in [0.1, 0.15) is 0 Å². The molecule has 0 aliphatic carbocycles. The Morgan fingerprint density at radius 3 is 2.79 bits per heavy atom. The van der Waals surface area contributed by atoms with Gasteiger partial charge in [-0.15, -0.1) is 5.10 Å². The monoisotopic (exact) mass is 276 g/mol. The fourth-order valence-electron chi connectivity index (χ4n) is 2.16. The van der Waals surface area contributed by atoms with Crippen molar-refractivity contribution in [3.63, 3.8) is 0 Å². The topological polar surface area (TPSA) is 52.8 Å². The lowest BCUT2D eigenvalue weighted by Gasteiger charge is -2.22. The zero-order chi connectivity index (χ0) is 12.9. The van der Waals surface area contributed by atoms with E-state index in [4.69, 9.17) is 4.74 Å². The second-order valence-electron chi connectivity index (χ2n) is 4.52. The molecule has 2 aromatic rings. The molecule has 0 spiro atoms. The number of rotatable bonds is 4. The Morgan fingerprint density at radius 1 is 1.21 bits per heavy atom. The van der Waals surface area contributed by atoms with E-state index in [1.165, 1.54) is 5.56 Å². The molecule has 0 bridgehead atoms. The number of thioether (sulfide) groups is 1. The summed E-state index contributed by atoms with van der Waals surface area (Å²) >= 11 is 1.69. The lowest BCUT2D eigenvalue weighted by Crippen LogP contribution is -2.21. The van der Waals surface area contributed by atoms with Crippen molar-refractivity contribution in [2.45, 2.75) is 29.8 Å². The van der Waals surface area contributed by atoms with Crippen molar-refractivity contribution in [1.82, 2.24) is 20.2 Å². The standard InChI is InChI=1S/C13H16N4OS/c1-2-4-11(5-3-1)10-19-13-14-15-16-17(13)12-6-8-18-9-7-12/h1-5,12H,6-10H2. The van der Waals surface area contributed by atoms with Gasteiger partial charge in [-0.2, -0.15) is 0 Å². The second-order valence-corrected chi connectivity index (χ2v) is 5.47. The zero-order valence-electron chi connectivity index (χ0n) is 10.6. The lowest BCUT2D eigenvalue weighted by atomic mass is 10.1. The van der Waals surface area contributed by atoms with Crippen LogP contribution in [0.1, 0.15) is 24.4 Å². The predicted octanol–water partition coefficient (Wildman–Crippen LogP) is 2.32. The smallest absolute Gasteiger partial charge is 0.209 e. The van der Waals surface area contributed by atoms with E-state index in [1.54, 1.807) is 11.8 Å². The molecule has 0 unspecified atom stereocenters. The number of ether oxygens (including phenoxy) is 1. The largest absolute Gasteiger partial charge is 0.381 e. The van der Waals surface area contributed by atoms with Crippen LogP contribution in [0.25, 0.3) is 0 Å². The molecule has 0 atom stereocenters. The first kappa shape index (κ1) is 12.6. The average Bonchev–Trinajstić information content (AvgIpc) is 2.95. The second kappa shape index (κ2) is 6.16. The minimum absolute atomic E-state index is 0.377. The molecule has 2 heterocycles. The van der Waals surface area contributed by atoms with Gasteiger partial charge < -0.3 is 4.74 Å². The number of tetrazole rings is 1. The van der Waals surface area contributed by atoms with Crippen molar-refractivity contribution in [3.05, 3.63) is 35.9 Å². The first-order chi connectivity index (χ1) is 9.43. The summed E-state index contributed by atoms with van der Waals surface area (Å²) in [5.41, 5.74) is 1.29. The molecule has 3 rings (SSSR count). The fourth-order valence-corrected chi connectivity index (χ4v) is 3.06. The van der Waals surface area contributed by atoms with E-state index in [0.29, 0.717) is 6.04 Å². The van der Waals surface area contributed by atoms with Gasteiger partial charge in [0.15, 0.2) is 0 Å². The molecule has 19 heavy (non-hydrogen) atoms. The van der Waals surface area contributed by atoms with Gasteiger partial charge in [-0.05, 0) is 28.8 Å². The van der Waals surface area contributed by atoms with Gasteiger partial charge >= 0.3 is 0 Å². The van der Waals surface area contributed by atoms with Crippen molar-refractivity contribution < 1.29 is 4.74 Å². The maximum Gasteiger partial charge on any atom is 0.209 e. The Balaban J connectivity index is 1.66. The van der Waals surface area contributed by atoms with Crippen LogP contribution in [0.5, 0.6) is 0 Å². The van der Waals surface area contributed by atoms with Gasteiger partial charge in [0.25, 0.3) is 0 Å². The molecule has 0 N–H and O–H groups in total. The van der Waals surface area contributed by atoms with Crippen molar-refractivity contribution in [3.8, 4) is 0 Å². The Kier molecular flexibility index (Phi) is 4.10. The van der Waals surface area contributed by atoms with Gasteiger partial charge in [0.2, 0.25) is 5.16 Å². The van der Waals surface area contributed by atoms with Gasteiger partial charge in [-0.25, -0.2) is 4.68 Å². The number of hydrogen-bond acceptors (Lipinski definition) is 5. The molecule has 0 amide bonds. The highest BCUT2D eigenvalue weighted by Crippen LogP contribution is 2.26. The Hall–Kier alpha value is -1.40. The molecular formula is C13H16N4OS. The van der Waals surface area contributed by atoms with E-state index in [1.807, 2.05) is 10.7 Å². The summed E-state index contributed by atoms with van der Waals surface area (Å²) in [5.74, 6) is 0.893. The maximum absolute atomic E-state index is 5.38. The Bertz CT molecular complexity index is 510. The molecular weight excluding hydrogens is 260 g/mol. The highest BCUT2D eigenvalue weighted by atomic mass is 32.2. The number of hydrogen-bond donors (Lipinski definition) is 0.